The molecular formula is C18H28O4. The molecule has 1 rings (SSSR count). The zero-order valence-electron chi connectivity index (χ0n) is 14.2. The van der Waals surface area contributed by atoms with Gasteiger partial charge in [-0.15, -0.1) is 0 Å². The van der Waals surface area contributed by atoms with Crippen LogP contribution >= 0.6 is 0 Å². The molecule has 0 aromatic carbocycles. The van der Waals surface area contributed by atoms with Gasteiger partial charge >= 0.3 is 5.97 Å². The Kier molecular flexibility index (Phi) is 7.04. The lowest BCUT2D eigenvalue weighted by Gasteiger charge is -2.21. The fourth-order valence-electron chi connectivity index (χ4n) is 2.25. The van der Waals surface area contributed by atoms with Crippen LogP contribution < -0.4 is 0 Å². The van der Waals surface area contributed by atoms with E-state index >= 15 is 0 Å². The van der Waals surface area contributed by atoms with E-state index in [0.717, 1.165) is 18.4 Å². The fourth-order valence-corrected chi connectivity index (χ4v) is 2.25. The van der Waals surface area contributed by atoms with E-state index in [1.807, 2.05) is 13.8 Å². The number of allylic oxidation sites excluding steroid dienone is 1. The van der Waals surface area contributed by atoms with Crippen LogP contribution in [0.5, 0.6) is 0 Å². The summed E-state index contributed by atoms with van der Waals surface area (Å²) >= 11 is 0. The summed E-state index contributed by atoms with van der Waals surface area (Å²) in [5.74, 6) is -0.165. The average molecular weight is 308 g/mol. The first-order valence-electron chi connectivity index (χ1n) is 7.76. The standard InChI is InChI=1S/C18H28O4/c1-13-7-6-8-14(2)16(21-5)9-11-18(4,20)12-10-17(19)22-15(13)3/h8-13,15-16,20H,6-7H2,1-5H3/b11-9+,12-10-,14-8-. The first-order chi connectivity index (χ1) is 10.2. The van der Waals surface area contributed by atoms with Crippen LogP contribution in [0.25, 0.3) is 0 Å². The fraction of sp³-hybridized carbons (Fsp3) is 0.611. The van der Waals surface area contributed by atoms with Crippen molar-refractivity contribution >= 4 is 5.97 Å². The molecule has 0 fully saturated rings. The molecule has 1 aliphatic heterocycles. The van der Waals surface area contributed by atoms with Crippen molar-refractivity contribution in [1.82, 2.24) is 0 Å². The molecule has 0 saturated carbocycles. The molecule has 0 saturated heterocycles. The van der Waals surface area contributed by atoms with E-state index in [9.17, 15) is 9.90 Å². The molecule has 0 aromatic heterocycles. The third kappa shape index (κ3) is 6.16. The van der Waals surface area contributed by atoms with E-state index in [4.69, 9.17) is 9.47 Å². The van der Waals surface area contributed by atoms with Crippen LogP contribution in [0.4, 0.5) is 0 Å². The number of methoxy groups -OCH3 is 1. The zero-order valence-corrected chi connectivity index (χ0v) is 14.2. The molecular weight excluding hydrogens is 280 g/mol. The number of rotatable bonds is 1. The second-order valence-electron chi connectivity index (χ2n) is 6.22. The lowest BCUT2D eigenvalue weighted by Crippen LogP contribution is -2.23. The first-order valence-corrected chi connectivity index (χ1v) is 7.76. The van der Waals surface area contributed by atoms with Crippen LogP contribution in [0.15, 0.2) is 36.0 Å². The minimum atomic E-state index is -1.23. The van der Waals surface area contributed by atoms with E-state index < -0.39 is 11.6 Å². The van der Waals surface area contributed by atoms with E-state index in [1.54, 1.807) is 26.2 Å². The second kappa shape index (κ2) is 8.30. The van der Waals surface area contributed by atoms with Gasteiger partial charge in [0.05, 0.1) is 11.7 Å². The number of ether oxygens (including phenoxy) is 2. The maximum Gasteiger partial charge on any atom is 0.330 e. The minimum absolute atomic E-state index is 0.160. The van der Waals surface area contributed by atoms with Gasteiger partial charge in [-0.2, -0.15) is 0 Å². The van der Waals surface area contributed by atoms with Crippen molar-refractivity contribution in [2.75, 3.05) is 7.11 Å². The monoisotopic (exact) mass is 308 g/mol. The van der Waals surface area contributed by atoms with E-state index in [0.29, 0.717) is 0 Å². The minimum Gasteiger partial charge on any atom is -0.459 e. The normalized spacial score (nSPS) is 40.0. The van der Waals surface area contributed by atoms with Crippen molar-refractivity contribution in [1.29, 1.82) is 0 Å². The summed E-state index contributed by atoms with van der Waals surface area (Å²) in [5.41, 5.74) is -0.123. The molecule has 0 spiro atoms. The van der Waals surface area contributed by atoms with Gasteiger partial charge in [0.15, 0.2) is 0 Å². The molecule has 4 unspecified atom stereocenters. The number of hydrogen-bond acceptors (Lipinski definition) is 4. The Balaban J connectivity index is 3.04. The lowest BCUT2D eigenvalue weighted by atomic mass is 9.97. The smallest absolute Gasteiger partial charge is 0.330 e. The van der Waals surface area contributed by atoms with Crippen LogP contribution in [0, 0.1) is 5.92 Å². The predicted octanol–water partition coefficient (Wildman–Crippen LogP) is 3.17. The second-order valence-corrected chi connectivity index (χ2v) is 6.22. The molecule has 1 heterocycles. The van der Waals surface area contributed by atoms with Crippen LogP contribution in [-0.2, 0) is 14.3 Å². The Morgan fingerprint density at radius 3 is 2.68 bits per heavy atom. The summed E-state index contributed by atoms with van der Waals surface area (Å²) in [6.07, 6.45) is 9.78. The molecule has 4 atom stereocenters. The van der Waals surface area contributed by atoms with E-state index in [-0.39, 0.29) is 18.1 Å². The summed E-state index contributed by atoms with van der Waals surface area (Å²) in [5, 5.41) is 10.3. The van der Waals surface area contributed by atoms with Gasteiger partial charge in [0.1, 0.15) is 6.10 Å². The molecule has 0 radical (unpaired) electrons. The molecule has 0 bridgehead atoms. The van der Waals surface area contributed by atoms with Gasteiger partial charge in [-0.05, 0) is 51.2 Å². The van der Waals surface area contributed by atoms with Gasteiger partial charge in [-0.1, -0.05) is 25.2 Å². The molecule has 4 nitrogen and oxygen atoms in total. The Morgan fingerprint density at radius 1 is 1.36 bits per heavy atom. The number of carbonyl (C=O) groups excluding carboxylic acids is 1. The van der Waals surface area contributed by atoms with Gasteiger partial charge in [0, 0.05) is 13.2 Å². The number of cyclic esters (lactones) is 1. The summed E-state index contributed by atoms with van der Waals surface area (Å²) in [6, 6.07) is 0. The maximum absolute atomic E-state index is 11.8. The van der Waals surface area contributed by atoms with Crippen molar-refractivity contribution in [2.45, 2.75) is 58.3 Å². The molecule has 4 heteroatoms. The lowest BCUT2D eigenvalue weighted by molar-refractivity contribution is -0.144. The van der Waals surface area contributed by atoms with Gasteiger partial charge < -0.3 is 14.6 Å². The largest absolute Gasteiger partial charge is 0.459 e. The number of hydrogen-bond donors (Lipinski definition) is 1. The molecule has 0 amide bonds. The highest BCUT2D eigenvalue weighted by molar-refractivity contribution is 5.82. The molecule has 1 aliphatic rings. The number of esters is 1. The van der Waals surface area contributed by atoms with Crippen molar-refractivity contribution < 1.29 is 19.4 Å². The summed E-state index contributed by atoms with van der Waals surface area (Å²) in [7, 11) is 1.64. The van der Waals surface area contributed by atoms with Crippen molar-refractivity contribution in [3.05, 3.63) is 36.0 Å². The molecule has 0 aliphatic carbocycles. The molecule has 0 aromatic rings. The third-order valence-corrected chi connectivity index (χ3v) is 4.06. The van der Waals surface area contributed by atoms with Crippen molar-refractivity contribution in [2.24, 2.45) is 5.92 Å². The SMILES string of the molecule is COC1/C=C/C(C)(O)/C=C\C(=O)OC(C)C(C)CC/C=C\1C. The quantitative estimate of drug-likeness (QED) is 0.597. The summed E-state index contributed by atoms with van der Waals surface area (Å²) < 4.78 is 10.8. The first kappa shape index (κ1) is 18.7. The topological polar surface area (TPSA) is 55.8 Å². The van der Waals surface area contributed by atoms with Gasteiger partial charge in [-0.25, -0.2) is 4.79 Å². The summed E-state index contributed by atoms with van der Waals surface area (Å²) in [4.78, 5) is 11.8. The van der Waals surface area contributed by atoms with Gasteiger partial charge in [-0.3, -0.25) is 0 Å². The van der Waals surface area contributed by atoms with Crippen molar-refractivity contribution in [3.8, 4) is 0 Å². The Bertz CT molecular complexity index is 460. The highest BCUT2D eigenvalue weighted by atomic mass is 16.5. The number of carbonyl (C=O) groups is 1. The third-order valence-electron chi connectivity index (χ3n) is 4.06. The van der Waals surface area contributed by atoms with Crippen LogP contribution in [0.1, 0.15) is 40.5 Å². The van der Waals surface area contributed by atoms with Crippen LogP contribution in [0.3, 0.4) is 0 Å². The molecule has 124 valence electrons. The van der Waals surface area contributed by atoms with E-state index in [2.05, 4.69) is 13.0 Å². The zero-order chi connectivity index (χ0) is 16.8. The molecule has 22 heavy (non-hydrogen) atoms. The Morgan fingerprint density at radius 2 is 2.05 bits per heavy atom. The van der Waals surface area contributed by atoms with E-state index in [1.165, 1.54) is 12.2 Å². The van der Waals surface area contributed by atoms with Crippen molar-refractivity contribution in [3.63, 3.8) is 0 Å². The Labute approximate surface area is 133 Å². The summed E-state index contributed by atoms with van der Waals surface area (Å²) in [6.45, 7) is 7.59. The van der Waals surface area contributed by atoms with Crippen LogP contribution in [0.2, 0.25) is 0 Å². The average Bonchev–Trinajstić information content (AvgIpc) is 2.44. The molecule has 1 N–H and O–H groups in total. The Hall–Kier alpha value is -1.39. The maximum atomic E-state index is 11.8. The van der Waals surface area contributed by atoms with Gasteiger partial charge in [0.25, 0.3) is 0 Å². The highest BCUT2D eigenvalue weighted by Crippen LogP contribution is 2.19. The van der Waals surface area contributed by atoms with Gasteiger partial charge in [0.2, 0.25) is 0 Å². The number of aliphatic hydroxyl groups is 1. The van der Waals surface area contributed by atoms with Crippen LogP contribution in [-0.4, -0.2) is 36.0 Å². The highest BCUT2D eigenvalue weighted by Gasteiger charge is 2.18. The predicted molar refractivity (Wildman–Crippen MR) is 87.4 cm³/mol.